The van der Waals surface area contributed by atoms with Gasteiger partial charge in [-0.05, 0) is 37.3 Å². The van der Waals surface area contributed by atoms with Gasteiger partial charge in [0.25, 0.3) is 0 Å². The van der Waals surface area contributed by atoms with Crippen molar-refractivity contribution in [2.45, 2.75) is 50.0 Å². The molecule has 4 heterocycles. The summed E-state index contributed by atoms with van der Waals surface area (Å²) >= 11 is 0. The van der Waals surface area contributed by atoms with Gasteiger partial charge >= 0.3 is 0 Å². The predicted octanol–water partition coefficient (Wildman–Crippen LogP) is -0.465. The molecule has 0 bridgehead atoms. The van der Waals surface area contributed by atoms with Crippen LogP contribution in [-0.2, 0) is 6.54 Å². The lowest BCUT2D eigenvalue weighted by Crippen LogP contribution is -2.54. The summed E-state index contributed by atoms with van der Waals surface area (Å²) in [5.41, 5.74) is 26.4. The third-order valence-corrected chi connectivity index (χ3v) is 7.38. The fourth-order valence-corrected chi connectivity index (χ4v) is 5.70. The fourth-order valence-electron chi connectivity index (χ4n) is 5.70. The summed E-state index contributed by atoms with van der Waals surface area (Å²) < 4.78 is 0. The summed E-state index contributed by atoms with van der Waals surface area (Å²) in [5.74, 6) is 2.33. The van der Waals surface area contributed by atoms with E-state index in [1.54, 1.807) is 0 Å². The van der Waals surface area contributed by atoms with E-state index in [1.807, 2.05) is 0 Å². The van der Waals surface area contributed by atoms with Crippen LogP contribution in [0.1, 0.15) is 24.8 Å². The number of aromatic nitrogens is 3. The number of benzene rings is 1. The first-order chi connectivity index (χ1) is 17.4. The van der Waals surface area contributed by atoms with Crippen LogP contribution in [0.2, 0.25) is 0 Å². The third kappa shape index (κ3) is 6.40. The second-order valence-corrected chi connectivity index (χ2v) is 10.8. The van der Waals surface area contributed by atoms with E-state index in [0.717, 1.165) is 45.4 Å². The monoisotopic (exact) mass is 495 g/mol. The zero-order valence-electron chi connectivity index (χ0n) is 21.0. The second-order valence-electron chi connectivity index (χ2n) is 10.8. The maximum atomic E-state index is 6.26. The Bertz CT molecular complexity index is 925. The molecule has 3 aliphatic rings. The molecule has 0 amide bonds. The van der Waals surface area contributed by atoms with Gasteiger partial charge in [0.15, 0.2) is 0 Å². The summed E-state index contributed by atoms with van der Waals surface area (Å²) in [6, 6.07) is 10.6. The molecule has 0 spiro atoms. The van der Waals surface area contributed by atoms with Crippen molar-refractivity contribution >= 4 is 17.8 Å². The zero-order chi connectivity index (χ0) is 25.1. The molecule has 0 aliphatic carbocycles. The second kappa shape index (κ2) is 11.2. The van der Waals surface area contributed by atoms with Gasteiger partial charge < -0.3 is 38.1 Å². The Kier molecular flexibility index (Phi) is 7.82. The number of rotatable bonds is 7. The van der Waals surface area contributed by atoms with E-state index in [-0.39, 0.29) is 24.2 Å². The molecule has 3 saturated heterocycles. The molecule has 0 saturated carbocycles. The van der Waals surface area contributed by atoms with E-state index in [4.69, 9.17) is 37.9 Å². The van der Waals surface area contributed by atoms with Gasteiger partial charge in [0, 0.05) is 70.0 Å². The molecule has 1 aromatic carbocycles. The third-order valence-electron chi connectivity index (χ3n) is 7.38. The quantitative estimate of drug-likeness (QED) is 0.337. The number of anilines is 3. The summed E-state index contributed by atoms with van der Waals surface area (Å²) in [6.45, 7) is 6.65. The number of piperidine rings is 2. The highest BCUT2D eigenvalue weighted by Crippen LogP contribution is 2.23. The molecule has 3 fully saturated rings. The molecule has 0 radical (unpaired) electrons. The minimum Gasteiger partial charge on any atom is -0.354 e. The molecule has 196 valence electrons. The van der Waals surface area contributed by atoms with Crippen molar-refractivity contribution < 1.29 is 0 Å². The first kappa shape index (κ1) is 25.1. The lowest BCUT2D eigenvalue weighted by atomic mass is 10.0. The molecule has 2 aromatic rings. The van der Waals surface area contributed by atoms with Crippen LogP contribution in [0.15, 0.2) is 30.3 Å². The Morgan fingerprint density at radius 2 is 1.31 bits per heavy atom. The van der Waals surface area contributed by atoms with E-state index in [2.05, 4.69) is 50.3 Å². The number of likely N-dealkylation sites (tertiary alicyclic amines) is 1. The smallest absolute Gasteiger partial charge is 0.232 e. The van der Waals surface area contributed by atoms with Crippen LogP contribution < -0.4 is 38.1 Å². The molecule has 9 N–H and O–H groups in total. The highest BCUT2D eigenvalue weighted by Gasteiger charge is 2.29. The molecule has 11 nitrogen and oxygen atoms in total. The van der Waals surface area contributed by atoms with Crippen LogP contribution in [0.25, 0.3) is 0 Å². The van der Waals surface area contributed by atoms with E-state index >= 15 is 0 Å². The normalized spacial score (nSPS) is 29.5. The summed E-state index contributed by atoms with van der Waals surface area (Å²) in [6.07, 6.45) is 2.75. The number of hydrogen-bond acceptors (Lipinski definition) is 11. The lowest BCUT2D eigenvalue weighted by molar-refractivity contribution is 0.319. The Morgan fingerprint density at radius 3 is 1.86 bits per heavy atom. The van der Waals surface area contributed by atoms with Crippen molar-refractivity contribution in [3.05, 3.63) is 35.9 Å². The van der Waals surface area contributed by atoms with Gasteiger partial charge in [0.1, 0.15) is 0 Å². The maximum Gasteiger partial charge on any atom is 0.232 e. The van der Waals surface area contributed by atoms with Crippen LogP contribution in [0.4, 0.5) is 17.8 Å². The van der Waals surface area contributed by atoms with E-state index in [1.165, 1.54) is 5.56 Å². The molecule has 5 unspecified atom stereocenters. The van der Waals surface area contributed by atoms with Gasteiger partial charge in [-0.15, -0.1) is 0 Å². The lowest BCUT2D eigenvalue weighted by Gasteiger charge is -2.37. The molecular weight excluding hydrogens is 454 g/mol. The van der Waals surface area contributed by atoms with Crippen molar-refractivity contribution in [1.29, 1.82) is 0 Å². The van der Waals surface area contributed by atoms with Crippen LogP contribution in [0.3, 0.4) is 0 Å². The van der Waals surface area contributed by atoms with Gasteiger partial charge in [-0.3, -0.25) is 4.90 Å². The molecule has 3 aliphatic heterocycles. The van der Waals surface area contributed by atoms with Crippen LogP contribution >= 0.6 is 0 Å². The van der Waals surface area contributed by atoms with E-state index < -0.39 is 0 Å². The van der Waals surface area contributed by atoms with E-state index in [9.17, 15) is 0 Å². The molecular formula is C25H41N11. The minimum atomic E-state index is -0.00343. The maximum absolute atomic E-state index is 6.26. The largest absolute Gasteiger partial charge is 0.354 e. The summed E-state index contributed by atoms with van der Waals surface area (Å²) in [5, 5.41) is 3.51. The zero-order valence-corrected chi connectivity index (χ0v) is 21.0. The summed E-state index contributed by atoms with van der Waals surface area (Å²) in [4.78, 5) is 21.1. The number of nitrogens with two attached hydrogens (primary N) is 4. The summed E-state index contributed by atoms with van der Waals surface area (Å²) in [7, 11) is 0. The van der Waals surface area contributed by atoms with Gasteiger partial charge in [0.2, 0.25) is 17.8 Å². The van der Waals surface area contributed by atoms with Crippen LogP contribution in [0.5, 0.6) is 0 Å². The first-order valence-electron chi connectivity index (χ1n) is 13.2. The standard InChI is InChI=1S/C25H41N11/c26-19-8-20(27)14-35(13-19)24-31-23(32-25(33-24)36-15-21(28)9-22(29)16-36)30-10-18-6-7-34(12-18)11-17-4-2-1-3-5-17/h1-5,18-22H,6-16,26-29H2,(H,30,31,32,33). The first-order valence-corrected chi connectivity index (χ1v) is 13.2. The average molecular weight is 496 g/mol. The fraction of sp³-hybridized carbons (Fsp3) is 0.640. The number of hydrogen-bond donors (Lipinski definition) is 5. The van der Waals surface area contributed by atoms with Crippen molar-refractivity contribution in [3.63, 3.8) is 0 Å². The van der Waals surface area contributed by atoms with Gasteiger partial charge in [-0.1, -0.05) is 30.3 Å². The predicted molar refractivity (Wildman–Crippen MR) is 144 cm³/mol. The number of nitrogens with one attached hydrogen (secondary N) is 1. The average Bonchev–Trinajstić information content (AvgIpc) is 3.29. The van der Waals surface area contributed by atoms with Crippen molar-refractivity contribution in [2.75, 3.05) is 60.9 Å². The Morgan fingerprint density at radius 1 is 0.750 bits per heavy atom. The SMILES string of the molecule is NC1CC(N)CN(c2nc(NCC3CCN(Cc4ccccc4)C3)nc(N3CC(N)CC(N)C3)n2)C1. The molecule has 11 heteroatoms. The number of nitrogens with zero attached hydrogens (tertiary/aromatic N) is 6. The molecule has 5 rings (SSSR count). The highest BCUT2D eigenvalue weighted by atomic mass is 15.4. The van der Waals surface area contributed by atoms with Crippen molar-refractivity contribution in [2.24, 2.45) is 28.9 Å². The Hall–Kier alpha value is -2.57. The van der Waals surface area contributed by atoms with Gasteiger partial charge in [-0.25, -0.2) is 0 Å². The molecule has 1 aromatic heterocycles. The molecule has 36 heavy (non-hydrogen) atoms. The molecule has 5 atom stereocenters. The highest BCUT2D eigenvalue weighted by molar-refractivity contribution is 5.46. The van der Waals surface area contributed by atoms with Crippen LogP contribution in [0, 0.1) is 5.92 Å². The van der Waals surface area contributed by atoms with Crippen molar-refractivity contribution in [3.8, 4) is 0 Å². The van der Waals surface area contributed by atoms with E-state index in [0.29, 0.717) is 49.9 Å². The Labute approximate surface area is 213 Å². The van der Waals surface area contributed by atoms with Gasteiger partial charge in [-0.2, -0.15) is 15.0 Å². The topological polar surface area (TPSA) is 164 Å². The Balaban J connectivity index is 1.28. The van der Waals surface area contributed by atoms with Crippen molar-refractivity contribution in [1.82, 2.24) is 19.9 Å². The van der Waals surface area contributed by atoms with Gasteiger partial charge in [0.05, 0.1) is 0 Å². The van der Waals surface area contributed by atoms with Crippen LogP contribution in [-0.4, -0.2) is 89.8 Å². The minimum absolute atomic E-state index is 0.00343.